The van der Waals surface area contributed by atoms with Crippen molar-refractivity contribution in [3.8, 4) is 17.3 Å². The molecule has 0 spiro atoms. The maximum atomic E-state index is 11.1. The van der Waals surface area contributed by atoms with E-state index in [1.54, 1.807) is 0 Å². The molecule has 4 aromatic heterocycles. The van der Waals surface area contributed by atoms with Gasteiger partial charge in [-0.1, -0.05) is 0 Å². The van der Waals surface area contributed by atoms with Crippen molar-refractivity contribution in [1.29, 1.82) is 0 Å². The zero-order valence-electron chi connectivity index (χ0n) is 32.4. The molecule has 0 fully saturated rings. The number of rotatable bonds is 21. The second-order valence-corrected chi connectivity index (χ2v) is 11.0. The van der Waals surface area contributed by atoms with Gasteiger partial charge in [0, 0.05) is 89.6 Å². The Kier molecular flexibility index (Phi) is 31.7. The Morgan fingerprint density at radius 3 is 0.947 bits per heavy atom. The Labute approximate surface area is 457 Å². The fourth-order valence-electron chi connectivity index (χ4n) is 4.88. The van der Waals surface area contributed by atoms with Gasteiger partial charge >= 0.3 is 177 Å². The van der Waals surface area contributed by atoms with Gasteiger partial charge in [-0.05, 0) is 18.2 Å². The van der Waals surface area contributed by atoms with Crippen LogP contribution >= 0.6 is 0 Å². The molecule has 0 bridgehead atoms. The standard InChI is InChI=1S/C29H32N10O12.6Na/c40-24(41)12-34(13-25(42)43)9-18-1-4-37(31-18)21-7-22(38-5-2-19(32-38)10-35(14-26(44)45)15-27(46)47)30-23(8-21)39-6-3-20(33-39)11-36(16-28(48)49)17-29(50)51;;;;;;/h1-8H,9-17H2,(H,40,41)(H,42,43)(H,44,45)(H,46,47)(H,48,49)(H,50,51);;;;;;/q;6*+1/p-6. The number of aliphatic carboxylic acids is 6. The number of hydrogen-bond donors (Lipinski definition) is 0. The van der Waals surface area contributed by atoms with Crippen LogP contribution in [0.4, 0.5) is 0 Å². The van der Waals surface area contributed by atoms with Gasteiger partial charge in [0.15, 0.2) is 11.6 Å². The topological polar surface area (TPSA) is 317 Å². The molecule has 22 nitrogen and oxygen atoms in total. The first-order valence-electron chi connectivity index (χ1n) is 14.7. The molecular weight excluding hydrogens is 818 g/mol. The van der Waals surface area contributed by atoms with E-state index < -0.39 is 75.1 Å². The van der Waals surface area contributed by atoms with E-state index in [1.807, 2.05) is 0 Å². The molecule has 28 heteroatoms. The summed E-state index contributed by atoms with van der Waals surface area (Å²) in [6.45, 7) is -4.90. The van der Waals surface area contributed by atoms with Gasteiger partial charge in [0.2, 0.25) is 0 Å². The summed E-state index contributed by atoms with van der Waals surface area (Å²) in [7, 11) is 0. The second-order valence-electron chi connectivity index (χ2n) is 11.0. The summed E-state index contributed by atoms with van der Waals surface area (Å²) in [4.78, 5) is 74.4. The predicted octanol–water partition coefficient (Wildman–Crippen LogP) is -27.4. The van der Waals surface area contributed by atoms with E-state index in [4.69, 9.17) is 0 Å². The van der Waals surface area contributed by atoms with Crippen molar-refractivity contribution in [2.75, 3.05) is 39.3 Å². The summed E-state index contributed by atoms with van der Waals surface area (Å²) < 4.78 is 3.94. The van der Waals surface area contributed by atoms with E-state index in [2.05, 4.69) is 20.3 Å². The summed E-state index contributed by atoms with van der Waals surface area (Å²) in [5.41, 5.74) is 1.08. The summed E-state index contributed by atoms with van der Waals surface area (Å²) >= 11 is 0. The van der Waals surface area contributed by atoms with Crippen LogP contribution < -0.4 is 208 Å². The Bertz CT molecular complexity index is 1670. The molecule has 4 rings (SSSR count). The number of nitrogens with zero attached hydrogens (tertiary/aromatic N) is 10. The minimum absolute atomic E-state index is 0. The van der Waals surface area contributed by atoms with Crippen LogP contribution in [0.1, 0.15) is 17.1 Å². The Morgan fingerprint density at radius 2 is 0.684 bits per heavy atom. The number of carboxylic acids is 6. The zero-order chi connectivity index (χ0) is 37.2. The van der Waals surface area contributed by atoms with Gasteiger partial charge in [-0.15, -0.1) is 0 Å². The third-order valence-corrected chi connectivity index (χ3v) is 6.72. The average Bonchev–Trinajstić information content (AvgIpc) is 3.77. The summed E-state index contributed by atoms with van der Waals surface area (Å²) in [5.74, 6) is -8.82. The Hall–Kier alpha value is -0.520. The van der Waals surface area contributed by atoms with Crippen molar-refractivity contribution in [2.24, 2.45) is 0 Å². The normalized spacial score (nSPS) is 10.2. The van der Waals surface area contributed by atoms with Gasteiger partial charge in [-0.3, -0.25) is 14.7 Å². The molecule has 0 saturated carbocycles. The molecule has 4 aromatic rings. The maximum absolute atomic E-state index is 11.1. The number of carbonyl (C=O) groups is 6. The third kappa shape index (κ3) is 21.2. The van der Waals surface area contributed by atoms with Crippen molar-refractivity contribution in [2.45, 2.75) is 19.6 Å². The van der Waals surface area contributed by atoms with Gasteiger partial charge in [0.1, 0.15) is 0 Å². The Balaban J connectivity index is -0.00000486. The fourth-order valence-corrected chi connectivity index (χ4v) is 4.88. The summed E-state index contributed by atoms with van der Waals surface area (Å²) in [6.07, 6.45) is 4.41. The Morgan fingerprint density at radius 1 is 0.439 bits per heavy atom. The molecular formula is C29H26N10Na6O12. The summed E-state index contributed by atoms with van der Waals surface area (Å²) in [5, 5.41) is 79.9. The molecule has 0 aliphatic rings. The fraction of sp³-hybridized carbons (Fsp3) is 0.310. The van der Waals surface area contributed by atoms with Crippen molar-refractivity contribution < 1.29 is 237 Å². The second kappa shape index (κ2) is 29.7. The van der Waals surface area contributed by atoms with E-state index in [1.165, 1.54) is 63.0 Å². The average molecular weight is 845 g/mol. The van der Waals surface area contributed by atoms with Gasteiger partial charge in [0.05, 0.1) is 58.6 Å². The molecule has 0 atom stereocenters. The maximum Gasteiger partial charge on any atom is 1.00 e. The molecule has 0 aromatic carbocycles. The zero-order valence-corrected chi connectivity index (χ0v) is 44.4. The number of carbonyl (C=O) groups excluding carboxylic acids is 6. The number of aromatic nitrogens is 7. The van der Waals surface area contributed by atoms with Gasteiger partial charge in [0.25, 0.3) is 0 Å². The number of pyridine rings is 1. The van der Waals surface area contributed by atoms with Crippen LogP contribution in [0, 0.1) is 0 Å². The van der Waals surface area contributed by atoms with E-state index in [9.17, 15) is 59.4 Å². The van der Waals surface area contributed by atoms with Crippen molar-refractivity contribution >= 4 is 35.8 Å². The van der Waals surface area contributed by atoms with Crippen LogP contribution in [-0.2, 0) is 48.4 Å². The molecule has 0 aliphatic carbocycles. The molecule has 0 unspecified atom stereocenters. The first kappa shape index (κ1) is 60.8. The number of hydrogen-bond acceptors (Lipinski definition) is 19. The van der Waals surface area contributed by atoms with Gasteiger partial charge < -0.3 is 59.4 Å². The first-order chi connectivity index (χ1) is 24.1. The predicted molar refractivity (Wildman–Crippen MR) is 151 cm³/mol. The largest absolute Gasteiger partial charge is 1.00 e. The molecule has 270 valence electrons. The number of carboxylic acid groups (broad SMARTS) is 6. The first-order valence-corrected chi connectivity index (χ1v) is 14.7. The third-order valence-electron chi connectivity index (χ3n) is 6.72. The minimum Gasteiger partial charge on any atom is -0.549 e. The molecule has 0 saturated heterocycles. The van der Waals surface area contributed by atoms with Crippen LogP contribution in [0.25, 0.3) is 17.3 Å². The minimum atomic E-state index is -1.52. The quantitative estimate of drug-likeness (QED) is 0.0703. The van der Waals surface area contributed by atoms with Crippen LogP contribution in [0.2, 0.25) is 0 Å². The summed E-state index contributed by atoms with van der Waals surface area (Å²) in [6, 6.07) is 7.50. The van der Waals surface area contributed by atoms with E-state index in [-0.39, 0.29) is 226 Å². The molecule has 0 amide bonds. The van der Waals surface area contributed by atoms with E-state index >= 15 is 0 Å². The molecule has 57 heavy (non-hydrogen) atoms. The SMILES string of the molecule is O=C([O-])CN(CC(=O)[O-])Cc1ccn(-c2cc(-n3ccc(CN(CC(=O)[O-])CC(=O)[O-])n3)nc(-n3ccc(CN(CC(=O)[O-])CC(=O)[O-])n3)c2)n1.[Na+].[Na+].[Na+].[Na+].[Na+].[Na+]. The molecule has 0 N–H and O–H groups in total. The van der Waals surface area contributed by atoms with Crippen LogP contribution in [0.3, 0.4) is 0 Å². The van der Waals surface area contributed by atoms with Crippen LogP contribution in [0.5, 0.6) is 0 Å². The molecule has 0 radical (unpaired) electrons. The van der Waals surface area contributed by atoms with E-state index in [0.29, 0.717) is 5.69 Å². The smallest absolute Gasteiger partial charge is 0.549 e. The van der Waals surface area contributed by atoms with Crippen LogP contribution in [0.15, 0.2) is 48.9 Å². The van der Waals surface area contributed by atoms with Crippen molar-refractivity contribution in [1.82, 2.24) is 49.0 Å². The molecule has 4 heterocycles. The van der Waals surface area contributed by atoms with Gasteiger partial charge in [-0.2, -0.15) is 15.3 Å². The van der Waals surface area contributed by atoms with E-state index in [0.717, 1.165) is 14.7 Å². The van der Waals surface area contributed by atoms with Crippen molar-refractivity contribution in [3.05, 3.63) is 66.0 Å². The van der Waals surface area contributed by atoms with Crippen molar-refractivity contribution in [3.63, 3.8) is 0 Å². The monoisotopic (exact) mass is 844 g/mol. The van der Waals surface area contributed by atoms with Gasteiger partial charge in [-0.25, -0.2) is 19.0 Å². The van der Waals surface area contributed by atoms with Crippen LogP contribution in [-0.4, -0.2) is 124 Å². The molecule has 0 aliphatic heterocycles.